The molecular formula is C16H12BrFN4O3S. The number of rotatable bonds is 4. The van der Waals surface area contributed by atoms with Gasteiger partial charge in [0.05, 0.1) is 21.4 Å². The Labute approximate surface area is 159 Å². The van der Waals surface area contributed by atoms with E-state index in [0.717, 1.165) is 0 Å². The first-order chi connectivity index (χ1) is 12.6. The maximum atomic E-state index is 13.3. The summed E-state index contributed by atoms with van der Waals surface area (Å²) >= 11 is 4.53. The first kappa shape index (κ1) is 18.0. The topological polar surface area (TPSA) is 98.9 Å². The number of carbonyl (C=O) groups excluding carboxylic acids is 1. The molecule has 0 radical (unpaired) electrons. The first-order valence-corrected chi connectivity index (χ1v) is 8.91. The number of anilines is 3. The summed E-state index contributed by atoms with van der Waals surface area (Å²) in [5.41, 5.74) is 1.73. The van der Waals surface area contributed by atoms with E-state index < -0.39 is 11.8 Å². The van der Waals surface area contributed by atoms with Gasteiger partial charge in [-0.25, -0.2) is 9.18 Å². The molecular weight excluding hydrogens is 427 g/mol. The molecule has 3 rings (SSSR count). The van der Waals surface area contributed by atoms with Gasteiger partial charge in [-0.3, -0.25) is 0 Å². The van der Waals surface area contributed by atoms with Gasteiger partial charge in [-0.1, -0.05) is 5.16 Å². The minimum Gasteiger partial charge on any atom is -0.470 e. The Kier molecular flexibility index (Phi) is 5.54. The van der Waals surface area contributed by atoms with Gasteiger partial charge in [0.2, 0.25) is 0 Å². The number of hydrogen-bond donors (Lipinski definition) is 4. The number of nitrogens with one attached hydrogen (secondary N) is 3. The van der Waals surface area contributed by atoms with Crippen molar-refractivity contribution in [3.8, 4) is 0 Å². The fraction of sp³-hybridized carbons (Fsp3) is 0. The number of carbonyl (C=O) groups is 1. The summed E-state index contributed by atoms with van der Waals surface area (Å²) < 4.78 is 18.7. The number of thiophene rings is 1. The molecule has 2 amide bonds. The smallest absolute Gasteiger partial charge is 0.323 e. The zero-order chi connectivity index (χ0) is 18.5. The highest BCUT2D eigenvalue weighted by Crippen LogP contribution is 2.23. The number of halogens is 2. The molecule has 0 spiro atoms. The highest BCUT2D eigenvalue weighted by Gasteiger charge is 2.16. The molecule has 10 heteroatoms. The molecule has 0 aliphatic rings. The molecule has 4 N–H and O–H groups in total. The minimum atomic E-state index is -0.479. The quantitative estimate of drug-likeness (QED) is 0.196. The second-order valence-electron chi connectivity index (χ2n) is 4.99. The molecule has 1 aromatic carbocycles. The molecule has 26 heavy (non-hydrogen) atoms. The zero-order valence-corrected chi connectivity index (χ0v) is 15.4. The molecule has 0 atom stereocenters. The Balaban J connectivity index is 1.74. The van der Waals surface area contributed by atoms with Crippen LogP contribution in [0.15, 0.2) is 61.6 Å². The van der Waals surface area contributed by atoms with Crippen molar-refractivity contribution >= 4 is 56.2 Å². The second-order valence-corrected chi connectivity index (χ2v) is 6.63. The number of oxime groups is 1. The third kappa shape index (κ3) is 4.21. The largest absolute Gasteiger partial charge is 0.470 e. The summed E-state index contributed by atoms with van der Waals surface area (Å²) in [6, 6.07) is 5.49. The van der Waals surface area contributed by atoms with Crippen molar-refractivity contribution < 1.29 is 18.8 Å². The van der Waals surface area contributed by atoms with Crippen LogP contribution in [-0.2, 0) is 0 Å². The molecule has 0 saturated heterocycles. The van der Waals surface area contributed by atoms with Gasteiger partial charge in [0.15, 0.2) is 5.84 Å². The van der Waals surface area contributed by atoms with Crippen LogP contribution in [0.4, 0.5) is 26.2 Å². The van der Waals surface area contributed by atoms with Crippen LogP contribution in [0, 0.1) is 5.82 Å². The molecule has 134 valence electrons. The van der Waals surface area contributed by atoms with E-state index >= 15 is 0 Å². The zero-order valence-electron chi connectivity index (χ0n) is 13.0. The van der Waals surface area contributed by atoms with Gasteiger partial charge in [-0.05, 0) is 45.6 Å². The van der Waals surface area contributed by atoms with E-state index in [1.54, 1.807) is 11.4 Å². The summed E-state index contributed by atoms with van der Waals surface area (Å²) in [5, 5.41) is 24.2. The summed E-state index contributed by atoms with van der Waals surface area (Å²) in [6.07, 6.45) is 2.61. The molecule has 7 nitrogen and oxygen atoms in total. The van der Waals surface area contributed by atoms with Gasteiger partial charge < -0.3 is 25.6 Å². The number of amidine groups is 1. The molecule has 0 aliphatic heterocycles. The van der Waals surface area contributed by atoms with E-state index in [0.29, 0.717) is 22.6 Å². The Hall–Kier alpha value is -2.85. The van der Waals surface area contributed by atoms with E-state index in [1.807, 2.05) is 5.38 Å². The van der Waals surface area contributed by atoms with Crippen molar-refractivity contribution in [2.24, 2.45) is 5.16 Å². The van der Waals surface area contributed by atoms with Crippen LogP contribution in [0.1, 0.15) is 5.56 Å². The monoisotopic (exact) mass is 438 g/mol. The Bertz CT molecular complexity index is 943. The lowest BCUT2D eigenvalue weighted by molar-refractivity contribution is 0.262. The number of urea groups is 1. The summed E-state index contributed by atoms with van der Waals surface area (Å²) in [4.78, 5) is 12.1. The van der Waals surface area contributed by atoms with Crippen LogP contribution in [0.5, 0.6) is 0 Å². The van der Waals surface area contributed by atoms with Crippen LogP contribution in [-0.4, -0.2) is 17.1 Å². The van der Waals surface area contributed by atoms with Crippen LogP contribution < -0.4 is 16.0 Å². The fourth-order valence-electron chi connectivity index (χ4n) is 2.05. The Morgan fingerprint density at radius 3 is 2.73 bits per heavy atom. The normalized spacial score (nSPS) is 11.2. The lowest BCUT2D eigenvalue weighted by atomic mass is 10.2. The van der Waals surface area contributed by atoms with Crippen LogP contribution in [0.2, 0.25) is 0 Å². The van der Waals surface area contributed by atoms with E-state index in [1.165, 1.54) is 42.1 Å². The van der Waals surface area contributed by atoms with E-state index in [9.17, 15) is 14.4 Å². The molecule has 2 heterocycles. The van der Waals surface area contributed by atoms with Crippen molar-refractivity contribution in [1.29, 1.82) is 0 Å². The maximum Gasteiger partial charge on any atom is 0.323 e. The number of nitrogens with zero attached hydrogens (tertiary/aromatic N) is 1. The van der Waals surface area contributed by atoms with Gasteiger partial charge in [0.1, 0.15) is 18.3 Å². The third-order valence-corrected chi connectivity index (χ3v) is 4.52. The SMILES string of the molecule is O=C(Nc1ccsc1)Nc1cocc1/C(=N/O)Nc1ccc(F)c(Br)c1. The molecule has 3 aromatic rings. The molecule has 0 aliphatic carbocycles. The first-order valence-electron chi connectivity index (χ1n) is 7.17. The predicted molar refractivity (Wildman–Crippen MR) is 102 cm³/mol. The lowest BCUT2D eigenvalue weighted by Gasteiger charge is -2.10. The average molecular weight is 439 g/mol. The highest BCUT2D eigenvalue weighted by atomic mass is 79.9. The second kappa shape index (κ2) is 8.02. The van der Waals surface area contributed by atoms with Crippen molar-refractivity contribution in [2.45, 2.75) is 0 Å². The number of hydrogen-bond acceptors (Lipinski definition) is 5. The van der Waals surface area contributed by atoms with E-state index in [2.05, 4.69) is 37.0 Å². The van der Waals surface area contributed by atoms with Gasteiger partial charge in [-0.2, -0.15) is 11.3 Å². The summed E-state index contributed by atoms with van der Waals surface area (Å²) in [7, 11) is 0. The van der Waals surface area contributed by atoms with Crippen molar-refractivity contribution in [1.82, 2.24) is 0 Å². The highest BCUT2D eigenvalue weighted by molar-refractivity contribution is 9.10. The number of furan rings is 1. The number of amides is 2. The molecule has 0 saturated carbocycles. The Morgan fingerprint density at radius 2 is 2.04 bits per heavy atom. The van der Waals surface area contributed by atoms with Gasteiger partial charge in [0.25, 0.3) is 0 Å². The summed E-state index contributed by atoms with van der Waals surface area (Å²) in [6.45, 7) is 0. The van der Waals surface area contributed by atoms with Gasteiger partial charge >= 0.3 is 6.03 Å². The minimum absolute atomic E-state index is 0.0168. The van der Waals surface area contributed by atoms with Gasteiger partial charge in [-0.15, -0.1) is 0 Å². The standard InChI is InChI=1S/C16H12BrFN4O3S/c17-12-5-9(1-2-13(12)18)19-15(22-24)11-6-25-7-14(11)21-16(23)20-10-3-4-26-8-10/h1-8,24H,(H,19,22)(H2,20,21,23). The molecule has 0 bridgehead atoms. The van der Waals surface area contributed by atoms with Crippen molar-refractivity contribution in [2.75, 3.05) is 16.0 Å². The van der Waals surface area contributed by atoms with Crippen molar-refractivity contribution in [3.05, 3.63) is 63.4 Å². The van der Waals surface area contributed by atoms with E-state index in [4.69, 9.17) is 4.42 Å². The third-order valence-electron chi connectivity index (χ3n) is 3.23. The molecule has 0 fully saturated rings. The van der Waals surface area contributed by atoms with Crippen LogP contribution in [0.3, 0.4) is 0 Å². The fourth-order valence-corrected chi connectivity index (χ4v) is 3.02. The molecule has 0 unspecified atom stereocenters. The van der Waals surface area contributed by atoms with Gasteiger partial charge in [0, 0.05) is 11.1 Å². The number of benzene rings is 1. The average Bonchev–Trinajstić information content (AvgIpc) is 3.28. The maximum absolute atomic E-state index is 13.3. The summed E-state index contributed by atoms with van der Waals surface area (Å²) in [5.74, 6) is -0.406. The van der Waals surface area contributed by atoms with Crippen LogP contribution in [0.25, 0.3) is 0 Å². The van der Waals surface area contributed by atoms with Crippen molar-refractivity contribution in [3.63, 3.8) is 0 Å². The van der Waals surface area contributed by atoms with E-state index in [-0.39, 0.29) is 10.3 Å². The van der Waals surface area contributed by atoms with Crippen LogP contribution >= 0.6 is 27.3 Å². The predicted octanol–water partition coefficient (Wildman–Crippen LogP) is 5.13. The Morgan fingerprint density at radius 1 is 1.19 bits per heavy atom. The molecule has 2 aromatic heterocycles. The lowest BCUT2D eigenvalue weighted by Crippen LogP contribution is -2.21.